The van der Waals surface area contributed by atoms with Crippen LogP contribution >= 0.6 is 11.8 Å². The highest BCUT2D eigenvalue weighted by Gasteiger charge is 2.53. The Kier molecular flexibility index (Phi) is 4.80. The summed E-state index contributed by atoms with van der Waals surface area (Å²) in [6, 6.07) is 8.91. The molecule has 0 bridgehead atoms. The molecule has 0 radical (unpaired) electrons. The average molecular weight is 348 g/mol. The number of amides is 2. The molecule has 0 spiro atoms. The lowest BCUT2D eigenvalue weighted by atomic mass is 10.2. The van der Waals surface area contributed by atoms with Gasteiger partial charge in [0.25, 0.3) is 5.91 Å². The molecule has 2 saturated heterocycles. The zero-order valence-corrected chi connectivity index (χ0v) is 14.3. The number of rotatable bonds is 5. The number of ether oxygens (including phenoxy) is 1. The number of hydrogen-bond donors (Lipinski definition) is 1. The highest BCUT2D eigenvalue weighted by molar-refractivity contribution is 8.01. The first kappa shape index (κ1) is 16.8. The van der Waals surface area contributed by atoms with Gasteiger partial charge in [-0.2, -0.15) is 0 Å². The summed E-state index contributed by atoms with van der Waals surface area (Å²) >= 11 is 1.60. The molecular weight excluding hydrogens is 328 g/mol. The molecule has 1 aromatic carbocycles. The lowest BCUT2D eigenvalue weighted by Crippen LogP contribution is -2.47. The third-order valence-corrected chi connectivity index (χ3v) is 5.90. The van der Waals surface area contributed by atoms with Gasteiger partial charge in [-0.05, 0) is 18.9 Å². The standard InChI is InChI=1S/C17H20N2O4S/c1-17-8-7-15(21)19(17)13(11-24-17)16(22)23-10-14(20)18-9-12-5-3-2-4-6-12/h2-6,13H,7-11H2,1H3,(H,18,20)/t13-,17+/m0/s1. The number of carbonyl (C=O) groups excluding carboxylic acids is 3. The van der Waals surface area contributed by atoms with Crippen LogP contribution in [0.25, 0.3) is 0 Å². The van der Waals surface area contributed by atoms with Gasteiger partial charge in [0, 0.05) is 18.7 Å². The van der Waals surface area contributed by atoms with Crippen LogP contribution in [0.1, 0.15) is 25.3 Å². The number of esters is 1. The van der Waals surface area contributed by atoms with Gasteiger partial charge in [0.15, 0.2) is 6.61 Å². The molecule has 0 aliphatic carbocycles. The third-order valence-electron chi connectivity index (χ3n) is 4.39. The normalized spacial score (nSPS) is 25.5. The lowest BCUT2D eigenvalue weighted by molar-refractivity contribution is -0.156. The summed E-state index contributed by atoms with van der Waals surface area (Å²) in [5.41, 5.74) is 0.975. The molecule has 1 N–H and O–H groups in total. The largest absolute Gasteiger partial charge is 0.454 e. The fraction of sp³-hybridized carbons (Fsp3) is 0.471. The molecule has 2 aliphatic heterocycles. The van der Waals surface area contributed by atoms with Gasteiger partial charge in [-0.3, -0.25) is 9.59 Å². The maximum Gasteiger partial charge on any atom is 0.330 e. The van der Waals surface area contributed by atoms with Crippen molar-refractivity contribution in [2.75, 3.05) is 12.4 Å². The highest BCUT2D eigenvalue weighted by atomic mass is 32.2. The van der Waals surface area contributed by atoms with E-state index in [-0.39, 0.29) is 23.3 Å². The van der Waals surface area contributed by atoms with E-state index in [0.29, 0.717) is 18.7 Å². The van der Waals surface area contributed by atoms with Gasteiger partial charge in [0.2, 0.25) is 5.91 Å². The summed E-state index contributed by atoms with van der Waals surface area (Å²) in [5, 5.41) is 2.71. The van der Waals surface area contributed by atoms with E-state index in [9.17, 15) is 14.4 Å². The van der Waals surface area contributed by atoms with Crippen LogP contribution < -0.4 is 5.32 Å². The second-order valence-corrected chi connectivity index (χ2v) is 7.64. The van der Waals surface area contributed by atoms with Crippen molar-refractivity contribution < 1.29 is 19.1 Å². The number of benzene rings is 1. The molecule has 0 unspecified atom stereocenters. The minimum absolute atomic E-state index is 0.0158. The zero-order valence-electron chi connectivity index (χ0n) is 13.5. The quantitative estimate of drug-likeness (QED) is 0.812. The van der Waals surface area contributed by atoms with Gasteiger partial charge in [-0.25, -0.2) is 4.79 Å². The van der Waals surface area contributed by atoms with Crippen LogP contribution in [0.5, 0.6) is 0 Å². The summed E-state index contributed by atoms with van der Waals surface area (Å²) < 4.78 is 5.12. The Bertz CT molecular complexity index is 651. The average Bonchev–Trinajstić information content (AvgIpc) is 3.08. The van der Waals surface area contributed by atoms with E-state index in [2.05, 4.69) is 5.32 Å². The topological polar surface area (TPSA) is 75.7 Å². The third kappa shape index (κ3) is 3.40. The SMILES string of the molecule is C[C@@]12CCC(=O)N1[C@H](C(=O)OCC(=O)NCc1ccccc1)CS2. The molecule has 2 fully saturated rings. The number of nitrogens with zero attached hydrogens (tertiary/aromatic N) is 1. The molecule has 2 atom stereocenters. The van der Waals surface area contributed by atoms with Crippen LogP contribution in [-0.2, 0) is 25.7 Å². The van der Waals surface area contributed by atoms with Crippen molar-refractivity contribution in [1.29, 1.82) is 0 Å². The van der Waals surface area contributed by atoms with Gasteiger partial charge < -0.3 is 15.0 Å². The number of fused-ring (bicyclic) bond motifs is 1. The predicted molar refractivity (Wildman–Crippen MR) is 90.0 cm³/mol. The molecule has 7 heteroatoms. The van der Waals surface area contributed by atoms with Crippen molar-refractivity contribution in [2.45, 2.75) is 37.2 Å². The first-order valence-electron chi connectivity index (χ1n) is 7.93. The van der Waals surface area contributed by atoms with Crippen molar-refractivity contribution in [3.05, 3.63) is 35.9 Å². The summed E-state index contributed by atoms with van der Waals surface area (Å²) in [4.78, 5) is 37.4. The molecule has 2 heterocycles. The maximum absolute atomic E-state index is 12.2. The van der Waals surface area contributed by atoms with Crippen molar-refractivity contribution in [1.82, 2.24) is 10.2 Å². The van der Waals surface area contributed by atoms with Crippen LogP contribution in [0.4, 0.5) is 0 Å². The Morgan fingerprint density at radius 3 is 2.88 bits per heavy atom. The number of nitrogens with one attached hydrogen (secondary N) is 1. The number of hydrogen-bond acceptors (Lipinski definition) is 5. The first-order valence-corrected chi connectivity index (χ1v) is 8.91. The molecule has 0 aromatic heterocycles. The van der Waals surface area contributed by atoms with Crippen LogP contribution in [0.15, 0.2) is 30.3 Å². The molecule has 6 nitrogen and oxygen atoms in total. The van der Waals surface area contributed by atoms with Crippen LogP contribution in [0, 0.1) is 0 Å². The summed E-state index contributed by atoms with van der Waals surface area (Å²) in [6.45, 7) is 2.03. The zero-order chi connectivity index (χ0) is 17.2. The van der Waals surface area contributed by atoms with E-state index >= 15 is 0 Å². The molecular formula is C17H20N2O4S. The fourth-order valence-electron chi connectivity index (χ4n) is 3.08. The second-order valence-electron chi connectivity index (χ2n) is 6.14. The molecule has 2 amide bonds. The van der Waals surface area contributed by atoms with Crippen molar-refractivity contribution >= 4 is 29.5 Å². The Morgan fingerprint density at radius 2 is 2.12 bits per heavy atom. The smallest absolute Gasteiger partial charge is 0.330 e. The van der Waals surface area contributed by atoms with Crippen LogP contribution in [0.2, 0.25) is 0 Å². The van der Waals surface area contributed by atoms with Crippen molar-refractivity contribution in [3.63, 3.8) is 0 Å². The minimum atomic E-state index is -0.586. The Hall–Kier alpha value is -2.02. The Labute approximate surface area is 144 Å². The molecule has 0 saturated carbocycles. The van der Waals surface area contributed by atoms with E-state index in [4.69, 9.17) is 4.74 Å². The second kappa shape index (κ2) is 6.84. The van der Waals surface area contributed by atoms with E-state index < -0.39 is 12.0 Å². The lowest BCUT2D eigenvalue weighted by Gasteiger charge is -2.29. The molecule has 3 rings (SSSR count). The van der Waals surface area contributed by atoms with Crippen molar-refractivity contribution in [3.8, 4) is 0 Å². The Morgan fingerprint density at radius 1 is 1.38 bits per heavy atom. The maximum atomic E-state index is 12.2. The van der Waals surface area contributed by atoms with Gasteiger partial charge in [-0.1, -0.05) is 30.3 Å². The summed E-state index contributed by atoms with van der Waals surface area (Å²) in [5.74, 6) is -0.352. The monoisotopic (exact) mass is 348 g/mol. The highest BCUT2D eigenvalue weighted by Crippen LogP contribution is 2.47. The summed E-state index contributed by atoms with van der Waals surface area (Å²) in [7, 11) is 0. The number of carbonyl (C=O) groups is 3. The van der Waals surface area contributed by atoms with E-state index in [1.54, 1.807) is 16.7 Å². The van der Waals surface area contributed by atoms with E-state index in [0.717, 1.165) is 12.0 Å². The van der Waals surface area contributed by atoms with Gasteiger partial charge in [0.05, 0.1) is 4.87 Å². The first-order chi connectivity index (χ1) is 11.5. The molecule has 1 aromatic rings. The molecule has 24 heavy (non-hydrogen) atoms. The predicted octanol–water partition coefficient (Wildman–Crippen LogP) is 1.30. The summed E-state index contributed by atoms with van der Waals surface area (Å²) in [6.07, 6.45) is 1.21. The molecule has 128 valence electrons. The van der Waals surface area contributed by atoms with Gasteiger partial charge >= 0.3 is 5.97 Å². The fourth-order valence-corrected chi connectivity index (χ4v) is 4.49. The van der Waals surface area contributed by atoms with Crippen LogP contribution in [-0.4, -0.2) is 46.0 Å². The van der Waals surface area contributed by atoms with Crippen LogP contribution in [0.3, 0.4) is 0 Å². The molecule has 2 aliphatic rings. The van der Waals surface area contributed by atoms with Crippen molar-refractivity contribution in [2.24, 2.45) is 0 Å². The van der Waals surface area contributed by atoms with Gasteiger partial charge in [0.1, 0.15) is 6.04 Å². The van der Waals surface area contributed by atoms with Gasteiger partial charge in [-0.15, -0.1) is 11.8 Å². The van der Waals surface area contributed by atoms with E-state index in [1.807, 2.05) is 37.3 Å². The van der Waals surface area contributed by atoms with E-state index in [1.165, 1.54) is 0 Å². The Balaban J connectivity index is 1.47. The minimum Gasteiger partial charge on any atom is -0.454 e. The number of thioether (sulfide) groups is 1.